The van der Waals surface area contributed by atoms with Crippen LogP contribution in [0, 0.1) is 0 Å². The molecule has 106 valence electrons. The molecule has 0 amide bonds. The Balaban J connectivity index is 1.91. The van der Waals surface area contributed by atoms with Gasteiger partial charge in [-0.05, 0) is 50.0 Å². The molecular formula is C15H22Cl2N2. The third kappa shape index (κ3) is 4.64. The van der Waals surface area contributed by atoms with Crippen LogP contribution in [-0.4, -0.2) is 30.6 Å². The van der Waals surface area contributed by atoms with Crippen LogP contribution in [0.4, 0.5) is 0 Å². The van der Waals surface area contributed by atoms with Crippen molar-refractivity contribution in [3.63, 3.8) is 0 Å². The van der Waals surface area contributed by atoms with Crippen molar-refractivity contribution >= 4 is 23.2 Å². The van der Waals surface area contributed by atoms with Crippen molar-refractivity contribution < 1.29 is 0 Å². The number of nitrogens with two attached hydrogens (primary N) is 1. The molecule has 1 saturated heterocycles. The maximum atomic E-state index is 6.27. The third-order valence-electron chi connectivity index (χ3n) is 3.72. The van der Waals surface area contributed by atoms with Gasteiger partial charge in [0.1, 0.15) is 0 Å². The summed E-state index contributed by atoms with van der Waals surface area (Å²) in [6.45, 7) is 3.27. The van der Waals surface area contributed by atoms with Crippen LogP contribution in [0.25, 0.3) is 0 Å². The third-order valence-corrected chi connectivity index (χ3v) is 4.43. The molecule has 2 nitrogen and oxygen atoms in total. The van der Waals surface area contributed by atoms with Crippen LogP contribution < -0.4 is 5.73 Å². The first-order valence-electron chi connectivity index (χ1n) is 7.07. The first kappa shape index (κ1) is 15.1. The van der Waals surface area contributed by atoms with Crippen molar-refractivity contribution in [3.05, 3.63) is 33.8 Å². The standard InChI is InChI=1S/C15H22Cl2N2/c16-14-6-5-7-15(17)13(14)10-12(18)11-19-8-3-1-2-4-9-19/h5-7,12H,1-4,8-11,18H2. The van der Waals surface area contributed by atoms with Gasteiger partial charge in [-0.15, -0.1) is 0 Å². The van der Waals surface area contributed by atoms with Crippen LogP contribution in [0.2, 0.25) is 10.0 Å². The zero-order valence-corrected chi connectivity index (χ0v) is 12.8. The summed E-state index contributed by atoms with van der Waals surface area (Å²) in [4.78, 5) is 2.47. The minimum Gasteiger partial charge on any atom is -0.326 e. The van der Waals surface area contributed by atoms with Gasteiger partial charge in [0.05, 0.1) is 0 Å². The minimum absolute atomic E-state index is 0.0931. The second-order valence-electron chi connectivity index (χ2n) is 5.38. The predicted molar refractivity (Wildman–Crippen MR) is 83.0 cm³/mol. The van der Waals surface area contributed by atoms with E-state index in [1.54, 1.807) is 0 Å². The van der Waals surface area contributed by atoms with Crippen molar-refractivity contribution in [1.82, 2.24) is 4.90 Å². The number of nitrogens with zero attached hydrogens (tertiary/aromatic N) is 1. The molecule has 0 bridgehead atoms. The predicted octanol–water partition coefficient (Wildman–Crippen LogP) is 3.74. The number of hydrogen-bond acceptors (Lipinski definition) is 2. The maximum absolute atomic E-state index is 6.27. The summed E-state index contributed by atoms with van der Waals surface area (Å²) in [5, 5.41) is 1.44. The Morgan fingerprint density at radius 3 is 2.21 bits per heavy atom. The van der Waals surface area contributed by atoms with Gasteiger partial charge in [0.2, 0.25) is 0 Å². The summed E-state index contributed by atoms with van der Waals surface area (Å²) in [7, 11) is 0. The van der Waals surface area contributed by atoms with Gasteiger partial charge >= 0.3 is 0 Å². The molecule has 1 aromatic carbocycles. The van der Waals surface area contributed by atoms with Crippen LogP contribution in [0.15, 0.2) is 18.2 Å². The van der Waals surface area contributed by atoms with Crippen molar-refractivity contribution in [2.45, 2.75) is 38.1 Å². The van der Waals surface area contributed by atoms with E-state index in [1.165, 1.54) is 38.8 Å². The lowest BCUT2D eigenvalue weighted by molar-refractivity contribution is 0.266. The summed E-state index contributed by atoms with van der Waals surface area (Å²) in [6.07, 6.45) is 6.03. The van der Waals surface area contributed by atoms with Crippen molar-refractivity contribution in [2.24, 2.45) is 5.73 Å². The lowest BCUT2D eigenvalue weighted by atomic mass is 10.1. The fourth-order valence-corrected chi connectivity index (χ4v) is 3.26. The molecule has 1 unspecified atom stereocenters. The highest BCUT2D eigenvalue weighted by Gasteiger charge is 2.15. The zero-order chi connectivity index (χ0) is 13.7. The Morgan fingerprint density at radius 2 is 1.63 bits per heavy atom. The van der Waals surface area contributed by atoms with Crippen LogP contribution in [0.5, 0.6) is 0 Å². The molecule has 2 rings (SSSR count). The highest BCUT2D eigenvalue weighted by Crippen LogP contribution is 2.25. The van der Waals surface area contributed by atoms with Gasteiger partial charge in [-0.25, -0.2) is 0 Å². The van der Waals surface area contributed by atoms with E-state index in [4.69, 9.17) is 28.9 Å². The van der Waals surface area contributed by atoms with E-state index >= 15 is 0 Å². The van der Waals surface area contributed by atoms with Gasteiger partial charge in [0.15, 0.2) is 0 Å². The molecule has 1 heterocycles. The lowest BCUT2D eigenvalue weighted by Crippen LogP contribution is -2.39. The van der Waals surface area contributed by atoms with E-state index < -0.39 is 0 Å². The molecule has 0 aromatic heterocycles. The van der Waals surface area contributed by atoms with E-state index in [0.717, 1.165) is 28.6 Å². The van der Waals surface area contributed by atoms with Crippen molar-refractivity contribution in [1.29, 1.82) is 0 Å². The van der Waals surface area contributed by atoms with E-state index in [1.807, 2.05) is 18.2 Å². The fourth-order valence-electron chi connectivity index (χ4n) is 2.70. The number of likely N-dealkylation sites (tertiary alicyclic amines) is 1. The molecule has 1 aliphatic rings. The summed E-state index contributed by atoms with van der Waals surface area (Å²) >= 11 is 12.4. The largest absolute Gasteiger partial charge is 0.326 e. The first-order valence-corrected chi connectivity index (χ1v) is 7.83. The van der Waals surface area contributed by atoms with Gasteiger partial charge in [-0.2, -0.15) is 0 Å². The minimum atomic E-state index is 0.0931. The smallest absolute Gasteiger partial charge is 0.0453 e. The molecule has 19 heavy (non-hydrogen) atoms. The van der Waals surface area contributed by atoms with Gasteiger partial charge in [0.25, 0.3) is 0 Å². The molecule has 2 N–H and O–H groups in total. The Kier molecular flexibility index (Phi) is 5.96. The van der Waals surface area contributed by atoms with Gasteiger partial charge in [-0.3, -0.25) is 0 Å². The fraction of sp³-hybridized carbons (Fsp3) is 0.600. The van der Waals surface area contributed by atoms with E-state index in [0.29, 0.717) is 0 Å². The number of halogens is 2. The average Bonchev–Trinajstić information content (AvgIpc) is 2.63. The zero-order valence-electron chi connectivity index (χ0n) is 11.2. The SMILES string of the molecule is NC(Cc1c(Cl)cccc1Cl)CN1CCCCCC1. The number of benzene rings is 1. The molecule has 1 aliphatic heterocycles. The molecule has 1 fully saturated rings. The van der Waals surface area contributed by atoms with Crippen LogP contribution >= 0.6 is 23.2 Å². The number of hydrogen-bond donors (Lipinski definition) is 1. The van der Waals surface area contributed by atoms with Crippen LogP contribution in [-0.2, 0) is 6.42 Å². The molecule has 0 saturated carbocycles. The molecule has 0 spiro atoms. The van der Waals surface area contributed by atoms with Gasteiger partial charge in [0, 0.05) is 22.6 Å². The second-order valence-corrected chi connectivity index (χ2v) is 6.19. The summed E-state index contributed by atoms with van der Waals surface area (Å²) in [5.41, 5.74) is 7.25. The lowest BCUT2D eigenvalue weighted by Gasteiger charge is -2.24. The first-order chi connectivity index (χ1) is 9.16. The van der Waals surface area contributed by atoms with Gasteiger partial charge in [-0.1, -0.05) is 42.1 Å². The normalized spacial score (nSPS) is 19.1. The molecule has 1 atom stereocenters. The highest BCUT2D eigenvalue weighted by molar-refractivity contribution is 6.35. The molecule has 0 radical (unpaired) electrons. The topological polar surface area (TPSA) is 29.3 Å². The Hall–Kier alpha value is -0.280. The van der Waals surface area contributed by atoms with E-state index in [9.17, 15) is 0 Å². The Labute approximate surface area is 125 Å². The molecule has 4 heteroatoms. The van der Waals surface area contributed by atoms with Crippen LogP contribution in [0.1, 0.15) is 31.2 Å². The van der Waals surface area contributed by atoms with E-state index in [-0.39, 0.29) is 6.04 Å². The Bertz CT molecular complexity index is 381. The second kappa shape index (κ2) is 7.49. The molecule has 0 aliphatic carbocycles. The van der Waals surface area contributed by atoms with Gasteiger partial charge < -0.3 is 10.6 Å². The van der Waals surface area contributed by atoms with Crippen molar-refractivity contribution in [2.75, 3.05) is 19.6 Å². The highest BCUT2D eigenvalue weighted by atomic mass is 35.5. The summed E-state index contributed by atoms with van der Waals surface area (Å²) < 4.78 is 0. The molecular weight excluding hydrogens is 279 g/mol. The van der Waals surface area contributed by atoms with E-state index in [2.05, 4.69) is 4.90 Å². The number of rotatable bonds is 4. The maximum Gasteiger partial charge on any atom is 0.0453 e. The van der Waals surface area contributed by atoms with Crippen molar-refractivity contribution in [3.8, 4) is 0 Å². The quantitative estimate of drug-likeness (QED) is 0.918. The summed E-state index contributed by atoms with van der Waals surface area (Å²) in [6, 6.07) is 5.72. The van der Waals surface area contributed by atoms with Crippen LogP contribution in [0.3, 0.4) is 0 Å². The average molecular weight is 301 g/mol. The molecule has 1 aromatic rings. The summed E-state index contributed by atoms with van der Waals surface area (Å²) in [5.74, 6) is 0. The Morgan fingerprint density at radius 1 is 1.05 bits per heavy atom. The monoisotopic (exact) mass is 300 g/mol.